The highest BCUT2D eigenvalue weighted by atomic mass is 79.9. The summed E-state index contributed by atoms with van der Waals surface area (Å²) in [5, 5.41) is 9.13. The van der Waals surface area contributed by atoms with E-state index in [2.05, 4.69) is 25.9 Å². The molecule has 15 heavy (non-hydrogen) atoms. The van der Waals surface area contributed by atoms with Gasteiger partial charge in [-0.2, -0.15) is 0 Å². The highest BCUT2D eigenvalue weighted by molar-refractivity contribution is 9.10. The number of aromatic nitrogens is 2. The molecule has 0 spiro atoms. The first-order chi connectivity index (χ1) is 7.24. The van der Waals surface area contributed by atoms with Crippen LogP contribution >= 0.6 is 15.9 Å². The Morgan fingerprint density at radius 3 is 2.53 bits per heavy atom. The van der Waals surface area contributed by atoms with Gasteiger partial charge in [0.05, 0.1) is 0 Å². The highest BCUT2D eigenvalue weighted by Crippen LogP contribution is 2.13. The van der Waals surface area contributed by atoms with E-state index in [-0.39, 0.29) is 5.75 Å². The minimum absolute atomic E-state index is 0.280. The molecule has 1 heterocycles. The van der Waals surface area contributed by atoms with Gasteiger partial charge in [0.2, 0.25) is 0 Å². The molecule has 0 aliphatic carbocycles. The number of hydrogen-bond donors (Lipinski definition) is 1. The van der Waals surface area contributed by atoms with E-state index >= 15 is 0 Å². The molecule has 1 N–H and O–H groups in total. The summed E-state index contributed by atoms with van der Waals surface area (Å²) in [5.74, 6) is 0.280. The lowest BCUT2D eigenvalue weighted by Crippen LogP contribution is -1.93. The van der Waals surface area contributed by atoms with Crippen molar-refractivity contribution in [1.29, 1.82) is 0 Å². The summed E-state index contributed by atoms with van der Waals surface area (Å²) < 4.78 is 0.596. The third-order valence-corrected chi connectivity index (χ3v) is 2.39. The maximum atomic E-state index is 9.13. The van der Waals surface area contributed by atoms with Crippen molar-refractivity contribution in [2.45, 2.75) is 6.42 Å². The number of benzene rings is 1. The van der Waals surface area contributed by atoms with Crippen LogP contribution in [0.25, 0.3) is 0 Å². The molecule has 0 unspecified atom stereocenters. The molecular weight excluding hydrogens is 256 g/mol. The van der Waals surface area contributed by atoms with Gasteiger partial charge >= 0.3 is 0 Å². The molecule has 0 bridgehead atoms. The Hall–Kier alpha value is -1.42. The number of halogens is 1. The third kappa shape index (κ3) is 2.76. The van der Waals surface area contributed by atoms with Gasteiger partial charge in [-0.05, 0) is 39.7 Å². The first kappa shape index (κ1) is 10.1. The molecule has 0 aliphatic heterocycles. The van der Waals surface area contributed by atoms with Crippen LogP contribution in [0.1, 0.15) is 11.3 Å². The van der Waals surface area contributed by atoms with E-state index in [0.717, 1.165) is 17.7 Å². The largest absolute Gasteiger partial charge is 0.508 e. The lowest BCUT2D eigenvalue weighted by molar-refractivity contribution is 0.475. The summed E-state index contributed by atoms with van der Waals surface area (Å²) in [6, 6.07) is 8.98. The van der Waals surface area contributed by atoms with Gasteiger partial charge in [0.1, 0.15) is 5.75 Å². The lowest BCUT2D eigenvalue weighted by Gasteiger charge is -2.01. The standard InChI is InChI=1S/C11H9BrN2O/c12-11-13-6-5-9(14-11)7-8-1-3-10(15)4-2-8/h1-6,15H,7H2. The monoisotopic (exact) mass is 264 g/mol. The van der Waals surface area contributed by atoms with Gasteiger partial charge in [0.15, 0.2) is 4.73 Å². The van der Waals surface area contributed by atoms with Crippen LogP contribution in [0.3, 0.4) is 0 Å². The third-order valence-electron chi connectivity index (χ3n) is 2.01. The van der Waals surface area contributed by atoms with E-state index in [1.54, 1.807) is 18.3 Å². The average molecular weight is 265 g/mol. The van der Waals surface area contributed by atoms with Crippen molar-refractivity contribution in [3.8, 4) is 5.75 Å². The van der Waals surface area contributed by atoms with Crippen molar-refractivity contribution in [1.82, 2.24) is 9.97 Å². The predicted molar refractivity (Wildman–Crippen MR) is 60.6 cm³/mol. The van der Waals surface area contributed by atoms with Crippen molar-refractivity contribution < 1.29 is 5.11 Å². The van der Waals surface area contributed by atoms with Gasteiger partial charge in [-0.1, -0.05) is 12.1 Å². The van der Waals surface area contributed by atoms with Gasteiger partial charge in [-0.15, -0.1) is 0 Å². The van der Waals surface area contributed by atoms with E-state index in [1.165, 1.54) is 0 Å². The van der Waals surface area contributed by atoms with E-state index in [1.807, 2.05) is 18.2 Å². The zero-order valence-corrected chi connectivity index (χ0v) is 9.48. The van der Waals surface area contributed by atoms with Crippen LogP contribution in [0.15, 0.2) is 41.3 Å². The molecule has 76 valence electrons. The molecule has 1 aromatic heterocycles. The number of rotatable bonds is 2. The van der Waals surface area contributed by atoms with Crippen molar-refractivity contribution in [2.75, 3.05) is 0 Å². The molecule has 0 fully saturated rings. The summed E-state index contributed by atoms with van der Waals surface area (Å²) >= 11 is 3.22. The van der Waals surface area contributed by atoms with Crippen LogP contribution in [0.5, 0.6) is 5.75 Å². The second-order valence-corrected chi connectivity index (χ2v) is 3.87. The summed E-state index contributed by atoms with van der Waals surface area (Å²) in [4.78, 5) is 8.20. The van der Waals surface area contributed by atoms with E-state index in [4.69, 9.17) is 5.11 Å². The quantitative estimate of drug-likeness (QED) is 0.849. The van der Waals surface area contributed by atoms with Gasteiger partial charge in [0, 0.05) is 18.3 Å². The minimum Gasteiger partial charge on any atom is -0.508 e. The highest BCUT2D eigenvalue weighted by Gasteiger charge is 1.99. The molecule has 4 heteroatoms. The molecule has 0 aliphatic rings. The fourth-order valence-corrected chi connectivity index (χ4v) is 1.64. The molecule has 3 nitrogen and oxygen atoms in total. The Labute approximate surface area is 96.0 Å². The normalized spacial score (nSPS) is 10.2. The van der Waals surface area contributed by atoms with E-state index in [9.17, 15) is 0 Å². The molecule has 1 aromatic carbocycles. The minimum atomic E-state index is 0.280. The molecule has 0 radical (unpaired) electrons. The maximum absolute atomic E-state index is 9.13. The number of aromatic hydroxyl groups is 1. The first-order valence-corrected chi connectivity index (χ1v) is 5.29. The number of phenolic OH excluding ortho intramolecular Hbond substituents is 1. The second-order valence-electron chi connectivity index (χ2n) is 3.16. The Bertz CT molecular complexity index is 456. The Morgan fingerprint density at radius 1 is 1.13 bits per heavy atom. The van der Waals surface area contributed by atoms with Crippen LogP contribution in [0, 0.1) is 0 Å². The summed E-state index contributed by atoms with van der Waals surface area (Å²) in [6.07, 6.45) is 2.45. The van der Waals surface area contributed by atoms with Crippen LogP contribution in [0.4, 0.5) is 0 Å². The zero-order valence-electron chi connectivity index (χ0n) is 7.89. The first-order valence-electron chi connectivity index (χ1n) is 4.49. The van der Waals surface area contributed by atoms with Gasteiger partial charge < -0.3 is 5.11 Å². The van der Waals surface area contributed by atoms with Crippen LogP contribution in [-0.4, -0.2) is 15.1 Å². The fourth-order valence-electron chi connectivity index (χ4n) is 1.29. The number of nitrogens with zero attached hydrogens (tertiary/aromatic N) is 2. The van der Waals surface area contributed by atoms with Crippen molar-refractivity contribution >= 4 is 15.9 Å². The number of hydrogen-bond acceptors (Lipinski definition) is 3. The van der Waals surface area contributed by atoms with Gasteiger partial charge in [-0.3, -0.25) is 0 Å². The smallest absolute Gasteiger partial charge is 0.196 e. The van der Waals surface area contributed by atoms with Gasteiger partial charge in [-0.25, -0.2) is 9.97 Å². The van der Waals surface area contributed by atoms with E-state index in [0.29, 0.717) is 4.73 Å². The van der Waals surface area contributed by atoms with Crippen LogP contribution in [0.2, 0.25) is 0 Å². The van der Waals surface area contributed by atoms with Crippen molar-refractivity contribution in [3.05, 3.63) is 52.5 Å². The zero-order chi connectivity index (χ0) is 10.7. The molecular formula is C11H9BrN2O. The molecule has 2 rings (SSSR count). The fraction of sp³-hybridized carbons (Fsp3) is 0.0909. The topological polar surface area (TPSA) is 46.0 Å². The molecule has 2 aromatic rings. The van der Waals surface area contributed by atoms with Crippen molar-refractivity contribution in [2.24, 2.45) is 0 Å². The number of phenols is 1. The van der Waals surface area contributed by atoms with Crippen LogP contribution < -0.4 is 0 Å². The second kappa shape index (κ2) is 4.40. The Balaban J connectivity index is 2.18. The Kier molecular flexibility index (Phi) is 2.97. The van der Waals surface area contributed by atoms with Crippen molar-refractivity contribution in [3.63, 3.8) is 0 Å². The average Bonchev–Trinajstić information content (AvgIpc) is 2.22. The summed E-state index contributed by atoms with van der Waals surface area (Å²) in [6.45, 7) is 0. The molecule has 0 saturated heterocycles. The molecule has 0 amide bonds. The lowest BCUT2D eigenvalue weighted by atomic mass is 10.1. The molecule has 0 saturated carbocycles. The SMILES string of the molecule is Oc1ccc(Cc2ccnc(Br)n2)cc1. The maximum Gasteiger partial charge on any atom is 0.196 e. The Morgan fingerprint density at radius 2 is 1.87 bits per heavy atom. The van der Waals surface area contributed by atoms with E-state index < -0.39 is 0 Å². The molecule has 0 atom stereocenters. The summed E-state index contributed by atoms with van der Waals surface area (Å²) in [7, 11) is 0. The predicted octanol–water partition coefficient (Wildman–Crippen LogP) is 2.54. The summed E-state index contributed by atoms with van der Waals surface area (Å²) in [5.41, 5.74) is 2.06. The van der Waals surface area contributed by atoms with Crippen LogP contribution in [-0.2, 0) is 6.42 Å². The van der Waals surface area contributed by atoms with Gasteiger partial charge in [0.25, 0.3) is 0 Å².